The lowest BCUT2D eigenvalue weighted by Crippen LogP contribution is -2.35. The van der Waals surface area contributed by atoms with Gasteiger partial charge in [-0.05, 0) is 24.3 Å². The third kappa shape index (κ3) is 3.17. The molecular weight excluding hydrogens is 315 g/mol. The van der Waals surface area contributed by atoms with Crippen molar-refractivity contribution in [3.05, 3.63) is 65.6 Å². The molecule has 2 aromatic rings. The summed E-state index contributed by atoms with van der Waals surface area (Å²) in [6.45, 7) is -0.155. The molecule has 24 heavy (non-hydrogen) atoms. The fourth-order valence-electron chi connectivity index (χ4n) is 2.11. The minimum Gasteiger partial charge on any atom is -0.376 e. The molecule has 0 saturated heterocycles. The molecule has 1 aliphatic rings. The summed E-state index contributed by atoms with van der Waals surface area (Å²) in [5.74, 6) is -1.99. The molecule has 120 valence electrons. The molecular formula is C16H11FN4O3. The third-order valence-electron chi connectivity index (χ3n) is 3.24. The van der Waals surface area contributed by atoms with Crippen molar-refractivity contribution in [1.29, 1.82) is 0 Å². The van der Waals surface area contributed by atoms with E-state index in [1.807, 2.05) is 0 Å². The highest BCUT2D eigenvalue weighted by Gasteiger charge is 2.28. The molecule has 1 aromatic heterocycles. The van der Waals surface area contributed by atoms with Gasteiger partial charge in [-0.15, -0.1) is 0 Å². The zero-order valence-electron chi connectivity index (χ0n) is 12.2. The van der Waals surface area contributed by atoms with E-state index < -0.39 is 17.5 Å². The van der Waals surface area contributed by atoms with Crippen LogP contribution in [0, 0.1) is 5.82 Å². The Morgan fingerprint density at radius 2 is 1.71 bits per heavy atom. The van der Waals surface area contributed by atoms with Crippen LogP contribution in [0.5, 0.6) is 0 Å². The van der Waals surface area contributed by atoms with Crippen molar-refractivity contribution in [3.63, 3.8) is 0 Å². The summed E-state index contributed by atoms with van der Waals surface area (Å²) in [4.78, 5) is 43.7. The zero-order valence-corrected chi connectivity index (χ0v) is 12.2. The van der Waals surface area contributed by atoms with Gasteiger partial charge in [-0.1, -0.05) is 0 Å². The molecule has 2 N–H and O–H groups in total. The quantitative estimate of drug-likeness (QED) is 0.873. The molecule has 7 nitrogen and oxygen atoms in total. The number of benzene rings is 1. The van der Waals surface area contributed by atoms with Gasteiger partial charge in [0.1, 0.15) is 17.2 Å². The van der Waals surface area contributed by atoms with Crippen molar-refractivity contribution >= 4 is 23.2 Å². The van der Waals surface area contributed by atoms with E-state index in [4.69, 9.17) is 0 Å². The van der Waals surface area contributed by atoms with E-state index in [1.54, 1.807) is 0 Å². The van der Waals surface area contributed by atoms with E-state index in [0.717, 1.165) is 6.08 Å². The number of nitrogens with zero attached hydrogens (tertiary/aromatic N) is 2. The average molecular weight is 326 g/mol. The molecule has 0 unspecified atom stereocenters. The van der Waals surface area contributed by atoms with Crippen LogP contribution in [0.3, 0.4) is 0 Å². The predicted octanol–water partition coefficient (Wildman–Crippen LogP) is 1.11. The van der Waals surface area contributed by atoms with E-state index >= 15 is 0 Å². The molecule has 8 heteroatoms. The van der Waals surface area contributed by atoms with Crippen molar-refractivity contribution in [2.24, 2.45) is 0 Å². The molecule has 0 fully saturated rings. The van der Waals surface area contributed by atoms with Crippen LogP contribution in [0.15, 0.2) is 48.4 Å². The van der Waals surface area contributed by atoms with E-state index in [-0.39, 0.29) is 29.4 Å². The number of anilines is 1. The Labute approximate surface area is 135 Å². The van der Waals surface area contributed by atoms with Crippen LogP contribution >= 0.6 is 0 Å². The van der Waals surface area contributed by atoms with Crippen molar-refractivity contribution in [2.75, 3.05) is 11.9 Å². The second-order valence-electron chi connectivity index (χ2n) is 4.91. The topological polar surface area (TPSA) is 101 Å². The summed E-state index contributed by atoms with van der Waals surface area (Å²) in [6, 6.07) is 5.45. The number of allylic oxidation sites excluding steroid dienone is 2. The number of carbonyl (C=O) groups is 3. The summed E-state index contributed by atoms with van der Waals surface area (Å²) >= 11 is 0. The van der Waals surface area contributed by atoms with E-state index in [9.17, 15) is 18.8 Å². The van der Waals surface area contributed by atoms with Crippen molar-refractivity contribution < 1.29 is 18.8 Å². The number of hydrogen-bond acceptors (Lipinski definition) is 6. The van der Waals surface area contributed by atoms with E-state index in [2.05, 4.69) is 20.6 Å². The smallest absolute Gasteiger partial charge is 0.243 e. The van der Waals surface area contributed by atoms with Crippen LogP contribution in [-0.4, -0.2) is 34.0 Å². The van der Waals surface area contributed by atoms with Gasteiger partial charge in [0.05, 0.1) is 12.2 Å². The summed E-state index contributed by atoms with van der Waals surface area (Å²) in [5.41, 5.74) is 0.262. The van der Waals surface area contributed by atoms with Crippen LogP contribution in [0.1, 0.15) is 21.0 Å². The van der Waals surface area contributed by atoms with Crippen molar-refractivity contribution in [3.8, 4) is 0 Å². The van der Waals surface area contributed by atoms with Gasteiger partial charge in [0.25, 0.3) is 0 Å². The normalized spacial score (nSPS) is 13.1. The summed E-state index contributed by atoms with van der Waals surface area (Å²) in [7, 11) is 0. The fourth-order valence-corrected chi connectivity index (χ4v) is 2.11. The summed E-state index contributed by atoms with van der Waals surface area (Å²) in [5, 5.41) is 5.15. The SMILES string of the molecule is O=C(CNc1ccc(F)cc1)NC1=CC(=O)c2nccnc2C1=O. The molecule has 0 aliphatic heterocycles. The second-order valence-corrected chi connectivity index (χ2v) is 4.91. The first-order chi connectivity index (χ1) is 11.5. The Hall–Kier alpha value is -3.42. The first-order valence-corrected chi connectivity index (χ1v) is 6.95. The van der Waals surface area contributed by atoms with Gasteiger partial charge in [-0.3, -0.25) is 14.4 Å². The highest BCUT2D eigenvalue weighted by Crippen LogP contribution is 2.15. The zero-order chi connectivity index (χ0) is 17.1. The maximum Gasteiger partial charge on any atom is 0.243 e. The fraction of sp³-hybridized carbons (Fsp3) is 0.0625. The lowest BCUT2D eigenvalue weighted by atomic mass is 10.0. The molecule has 0 spiro atoms. The molecule has 1 heterocycles. The van der Waals surface area contributed by atoms with Crippen LogP contribution in [0.4, 0.5) is 10.1 Å². The number of Topliss-reactive ketones (excluding diaryl/α,β-unsaturated/α-hetero) is 1. The number of amides is 1. The van der Waals surface area contributed by atoms with Crippen LogP contribution < -0.4 is 10.6 Å². The largest absolute Gasteiger partial charge is 0.376 e. The molecule has 0 atom stereocenters. The van der Waals surface area contributed by atoms with Gasteiger partial charge in [0.15, 0.2) is 0 Å². The van der Waals surface area contributed by atoms with Gasteiger partial charge in [0.2, 0.25) is 17.5 Å². The van der Waals surface area contributed by atoms with Crippen molar-refractivity contribution in [2.45, 2.75) is 0 Å². The first kappa shape index (κ1) is 15.5. The first-order valence-electron chi connectivity index (χ1n) is 6.95. The van der Waals surface area contributed by atoms with Crippen molar-refractivity contribution in [1.82, 2.24) is 15.3 Å². The highest BCUT2D eigenvalue weighted by atomic mass is 19.1. The maximum absolute atomic E-state index is 12.8. The molecule has 0 saturated carbocycles. The van der Waals surface area contributed by atoms with Gasteiger partial charge in [0, 0.05) is 24.2 Å². The van der Waals surface area contributed by atoms with Crippen LogP contribution in [0.25, 0.3) is 0 Å². The number of carbonyl (C=O) groups excluding carboxylic acids is 3. The van der Waals surface area contributed by atoms with Gasteiger partial charge in [-0.25, -0.2) is 14.4 Å². The highest BCUT2D eigenvalue weighted by molar-refractivity contribution is 6.23. The van der Waals surface area contributed by atoms with Gasteiger partial charge < -0.3 is 10.6 Å². The number of rotatable bonds is 4. The van der Waals surface area contributed by atoms with E-state index in [0.29, 0.717) is 5.69 Å². The van der Waals surface area contributed by atoms with Crippen LogP contribution in [0.2, 0.25) is 0 Å². The lowest BCUT2D eigenvalue weighted by molar-refractivity contribution is -0.118. The standard InChI is InChI=1S/C16H11FN4O3/c17-9-1-3-10(4-2-9)20-8-13(23)21-11-7-12(22)14-15(16(11)24)19-6-5-18-14/h1-7,20H,8H2,(H,21,23). The van der Waals surface area contributed by atoms with Gasteiger partial charge in [-0.2, -0.15) is 0 Å². The number of aromatic nitrogens is 2. The number of fused-ring (bicyclic) bond motifs is 1. The molecule has 1 aromatic carbocycles. The number of halogens is 1. The Balaban J connectivity index is 1.65. The molecule has 1 aliphatic carbocycles. The Morgan fingerprint density at radius 1 is 1.04 bits per heavy atom. The number of nitrogens with one attached hydrogen (secondary N) is 2. The van der Waals surface area contributed by atoms with E-state index in [1.165, 1.54) is 36.7 Å². The monoisotopic (exact) mass is 326 g/mol. The lowest BCUT2D eigenvalue weighted by Gasteiger charge is -2.14. The number of ketones is 2. The van der Waals surface area contributed by atoms with Gasteiger partial charge >= 0.3 is 0 Å². The predicted molar refractivity (Wildman–Crippen MR) is 81.8 cm³/mol. The second kappa shape index (κ2) is 6.37. The summed E-state index contributed by atoms with van der Waals surface area (Å²) in [6.07, 6.45) is 3.63. The minimum atomic E-state index is -0.576. The maximum atomic E-state index is 12.8. The Bertz CT molecular complexity index is 862. The van der Waals surface area contributed by atoms with Crippen LogP contribution in [-0.2, 0) is 4.79 Å². The average Bonchev–Trinajstić information content (AvgIpc) is 2.59. The Kier molecular flexibility index (Phi) is 4.11. The molecule has 0 bridgehead atoms. The number of hydrogen-bond donors (Lipinski definition) is 2. The summed E-state index contributed by atoms with van der Waals surface area (Å²) < 4.78 is 12.8. The molecule has 1 amide bonds. The third-order valence-corrected chi connectivity index (χ3v) is 3.24. The minimum absolute atomic E-state index is 0.0371. The molecule has 0 radical (unpaired) electrons. The Morgan fingerprint density at radius 3 is 2.42 bits per heavy atom. The molecule has 3 rings (SSSR count).